The highest BCUT2D eigenvalue weighted by Gasteiger charge is 2.25. The molecule has 0 spiro atoms. The first-order valence-electron chi connectivity index (χ1n) is 6.95. The van der Waals surface area contributed by atoms with Crippen LogP contribution in [-0.2, 0) is 11.2 Å². The number of nitriles is 1. The summed E-state index contributed by atoms with van der Waals surface area (Å²) in [6.07, 6.45) is 4.16. The molecule has 0 bridgehead atoms. The number of hydrogen-bond acceptors (Lipinski definition) is 2. The Morgan fingerprint density at radius 3 is 3.05 bits per heavy atom. The SMILES string of the molecule is Cc1cccc(CCC(=O)N2CCCCC2C#N)c1. The number of likely N-dealkylation sites (tertiary alicyclic amines) is 1. The molecule has 0 saturated carbocycles. The maximum absolute atomic E-state index is 12.2. The highest BCUT2D eigenvalue weighted by molar-refractivity contribution is 5.77. The monoisotopic (exact) mass is 256 g/mol. The lowest BCUT2D eigenvalue weighted by atomic mass is 10.0. The smallest absolute Gasteiger partial charge is 0.223 e. The number of carbonyl (C=O) groups is 1. The second-order valence-electron chi connectivity index (χ2n) is 5.22. The largest absolute Gasteiger partial charge is 0.327 e. The highest BCUT2D eigenvalue weighted by Crippen LogP contribution is 2.18. The standard InChI is InChI=1S/C16H20N2O/c1-13-5-4-6-14(11-13)8-9-16(19)18-10-3-2-7-15(18)12-17/h4-6,11,15H,2-3,7-10H2,1H3. The minimum Gasteiger partial charge on any atom is -0.327 e. The van der Waals surface area contributed by atoms with E-state index in [2.05, 4.69) is 31.2 Å². The molecule has 1 atom stereocenters. The van der Waals surface area contributed by atoms with Crippen molar-refractivity contribution < 1.29 is 4.79 Å². The van der Waals surface area contributed by atoms with Gasteiger partial charge in [0.25, 0.3) is 0 Å². The summed E-state index contributed by atoms with van der Waals surface area (Å²) >= 11 is 0. The molecule has 1 saturated heterocycles. The molecule has 0 N–H and O–H groups in total. The molecule has 1 amide bonds. The third-order valence-corrected chi connectivity index (χ3v) is 3.68. The van der Waals surface area contributed by atoms with Gasteiger partial charge in [-0.2, -0.15) is 5.26 Å². The summed E-state index contributed by atoms with van der Waals surface area (Å²) in [6, 6.07) is 10.3. The molecule has 3 heteroatoms. The van der Waals surface area contributed by atoms with Gasteiger partial charge in [-0.1, -0.05) is 29.8 Å². The Morgan fingerprint density at radius 2 is 2.32 bits per heavy atom. The van der Waals surface area contributed by atoms with Gasteiger partial charge in [-0.15, -0.1) is 0 Å². The summed E-state index contributed by atoms with van der Waals surface area (Å²) in [6.45, 7) is 2.80. The lowest BCUT2D eigenvalue weighted by Gasteiger charge is -2.31. The molecule has 2 rings (SSSR count). The molecule has 19 heavy (non-hydrogen) atoms. The number of nitrogens with zero attached hydrogens (tertiary/aromatic N) is 2. The lowest BCUT2D eigenvalue weighted by molar-refractivity contribution is -0.133. The second kappa shape index (κ2) is 6.38. The zero-order valence-corrected chi connectivity index (χ0v) is 11.4. The van der Waals surface area contributed by atoms with Gasteiger partial charge in [0.05, 0.1) is 6.07 Å². The summed E-state index contributed by atoms with van der Waals surface area (Å²) in [5, 5.41) is 9.09. The highest BCUT2D eigenvalue weighted by atomic mass is 16.2. The van der Waals surface area contributed by atoms with E-state index in [1.165, 1.54) is 11.1 Å². The predicted molar refractivity (Wildman–Crippen MR) is 74.5 cm³/mol. The van der Waals surface area contributed by atoms with Crippen molar-refractivity contribution in [2.75, 3.05) is 6.54 Å². The molecule has 1 aliphatic heterocycles. The molecule has 1 aromatic rings. The Hall–Kier alpha value is -1.82. The Bertz CT molecular complexity index is 490. The molecular weight excluding hydrogens is 236 g/mol. The minimum atomic E-state index is -0.209. The molecule has 3 nitrogen and oxygen atoms in total. The van der Waals surface area contributed by atoms with Gasteiger partial charge in [-0.05, 0) is 38.2 Å². The van der Waals surface area contributed by atoms with E-state index in [9.17, 15) is 4.79 Å². The van der Waals surface area contributed by atoms with Crippen LogP contribution in [0.3, 0.4) is 0 Å². The van der Waals surface area contributed by atoms with Gasteiger partial charge in [0.1, 0.15) is 6.04 Å². The Labute approximate surface area is 114 Å². The van der Waals surface area contributed by atoms with Crippen molar-refractivity contribution in [3.8, 4) is 6.07 Å². The summed E-state index contributed by atoms with van der Waals surface area (Å²) in [4.78, 5) is 14.0. The van der Waals surface area contributed by atoms with Crippen molar-refractivity contribution in [3.63, 3.8) is 0 Å². The van der Waals surface area contributed by atoms with Gasteiger partial charge in [0.15, 0.2) is 0 Å². The van der Waals surface area contributed by atoms with Gasteiger partial charge in [0, 0.05) is 13.0 Å². The third kappa shape index (κ3) is 3.57. The van der Waals surface area contributed by atoms with E-state index in [1.807, 2.05) is 6.07 Å². The Morgan fingerprint density at radius 1 is 1.47 bits per heavy atom. The summed E-state index contributed by atoms with van der Waals surface area (Å²) in [7, 11) is 0. The van der Waals surface area contributed by atoms with E-state index in [-0.39, 0.29) is 11.9 Å². The summed E-state index contributed by atoms with van der Waals surface area (Å²) in [5.41, 5.74) is 2.41. The first-order chi connectivity index (χ1) is 9.20. The quantitative estimate of drug-likeness (QED) is 0.834. The Balaban J connectivity index is 1.92. The molecule has 1 aliphatic rings. The molecule has 0 aromatic heterocycles. The van der Waals surface area contributed by atoms with Crippen LogP contribution in [0, 0.1) is 18.3 Å². The van der Waals surface area contributed by atoms with Crippen LogP contribution < -0.4 is 0 Å². The number of benzene rings is 1. The van der Waals surface area contributed by atoms with E-state index in [0.717, 1.165) is 32.2 Å². The van der Waals surface area contributed by atoms with E-state index < -0.39 is 0 Å². The number of hydrogen-bond donors (Lipinski definition) is 0. The molecule has 0 radical (unpaired) electrons. The van der Waals surface area contributed by atoms with Crippen LogP contribution in [-0.4, -0.2) is 23.4 Å². The average Bonchev–Trinajstić information content (AvgIpc) is 2.45. The minimum absolute atomic E-state index is 0.118. The van der Waals surface area contributed by atoms with Gasteiger partial charge in [-0.3, -0.25) is 4.79 Å². The predicted octanol–water partition coefficient (Wildman–Crippen LogP) is 2.83. The Kier molecular flexibility index (Phi) is 4.57. The number of carbonyl (C=O) groups excluding carboxylic acids is 1. The first kappa shape index (κ1) is 13.6. The topological polar surface area (TPSA) is 44.1 Å². The zero-order valence-electron chi connectivity index (χ0n) is 11.4. The maximum Gasteiger partial charge on any atom is 0.223 e. The van der Waals surface area contributed by atoms with E-state index in [0.29, 0.717) is 6.42 Å². The van der Waals surface area contributed by atoms with Gasteiger partial charge < -0.3 is 4.90 Å². The molecule has 100 valence electrons. The molecule has 1 fully saturated rings. The van der Waals surface area contributed by atoms with E-state index in [4.69, 9.17) is 5.26 Å². The van der Waals surface area contributed by atoms with Crippen LogP contribution in [0.2, 0.25) is 0 Å². The fourth-order valence-electron chi connectivity index (χ4n) is 2.63. The van der Waals surface area contributed by atoms with Crippen LogP contribution in [0.4, 0.5) is 0 Å². The molecule has 1 heterocycles. The number of piperidine rings is 1. The van der Waals surface area contributed by atoms with Crippen LogP contribution in [0.1, 0.15) is 36.8 Å². The second-order valence-corrected chi connectivity index (χ2v) is 5.22. The normalized spacial score (nSPS) is 18.9. The number of amides is 1. The van der Waals surface area contributed by atoms with Gasteiger partial charge in [0.2, 0.25) is 5.91 Å². The van der Waals surface area contributed by atoms with Crippen LogP contribution in [0.25, 0.3) is 0 Å². The van der Waals surface area contributed by atoms with E-state index >= 15 is 0 Å². The van der Waals surface area contributed by atoms with Crippen molar-refractivity contribution in [1.82, 2.24) is 4.90 Å². The number of aryl methyl sites for hydroxylation is 2. The molecular formula is C16H20N2O. The van der Waals surface area contributed by atoms with E-state index in [1.54, 1.807) is 4.90 Å². The fraction of sp³-hybridized carbons (Fsp3) is 0.500. The first-order valence-corrected chi connectivity index (χ1v) is 6.95. The third-order valence-electron chi connectivity index (χ3n) is 3.68. The lowest BCUT2D eigenvalue weighted by Crippen LogP contribution is -2.43. The van der Waals surface area contributed by atoms with Crippen LogP contribution in [0.5, 0.6) is 0 Å². The molecule has 1 aromatic carbocycles. The number of rotatable bonds is 3. The van der Waals surface area contributed by atoms with Gasteiger partial charge >= 0.3 is 0 Å². The fourth-order valence-corrected chi connectivity index (χ4v) is 2.63. The summed E-state index contributed by atoms with van der Waals surface area (Å²) < 4.78 is 0. The van der Waals surface area contributed by atoms with Crippen LogP contribution in [0.15, 0.2) is 24.3 Å². The average molecular weight is 256 g/mol. The molecule has 1 unspecified atom stereocenters. The van der Waals surface area contributed by atoms with Crippen LogP contribution >= 0.6 is 0 Å². The van der Waals surface area contributed by atoms with Crippen molar-refractivity contribution >= 4 is 5.91 Å². The van der Waals surface area contributed by atoms with Crippen molar-refractivity contribution in [2.24, 2.45) is 0 Å². The van der Waals surface area contributed by atoms with Crippen molar-refractivity contribution in [3.05, 3.63) is 35.4 Å². The zero-order chi connectivity index (χ0) is 13.7. The van der Waals surface area contributed by atoms with Crippen molar-refractivity contribution in [2.45, 2.75) is 45.1 Å². The van der Waals surface area contributed by atoms with Crippen molar-refractivity contribution in [1.29, 1.82) is 5.26 Å². The van der Waals surface area contributed by atoms with Gasteiger partial charge in [-0.25, -0.2) is 0 Å². The molecule has 0 aliphatic carbocycles. The maximum atomic E-state index is 12.2. The summed E-state index contributed by atoms with van der Waals surface area (Å²) in [5.74, 6) is 0.118.